The van der Waals surface area contributed by atoms with E-state index in [1.54, 1.807) is 0 Å². The van der Waals surface area contributed by atoms with Crippen molar-refractivity contribution in [2.24, 2.45) is 0 Å². The molecule has 0 bridgehead atoms. The van der Waals surface area contributed by atoms with Gasteiger partial charge in [-0.25, -0.2) is 0 Å². The van der Waals surface area contributed by atoms with E-state index in [0.29, 0.717) is 12.5 Å². The summed E-state index contributed by atoms with van der Waals surface area (Å²) in [5.41, 5.74) is 2.31. The average molecular weight is 219 g/mol. The molecule has 0 unspecified atom stereocenters. The summed E-state index contributed by atoms with van der Waals surface area (Å²) in [6.07, 6.45) is 0. The lowest BCUT2D eigenvalue weighted by molar-refractivity contribution is 0.344. The minimum absolute atomic E-state index is 0.480. The zero-order chi connectivity index (χ0) is 12.0. The molecule has 0 fully saturated rings. The second-order valence-electron chi connectivity index (χ2n) is 4.26. The summed E-state index contributed by atoms with van der Waals surface area (Å²) >= 11 is 0. The van der Waals surface area contributed by atoms with Crippen LogP contribution in [0.15, 0.2) is 36.4 Å². The summed E-state index contributed by atoms with van der Waals surface area (Å²) in [4.78, 5) is 0. The molecule has 16 heavy (non-hydrogen) atoms. The van der Waals surface area contributed by atoms with Crippen LogP contribution in [0.25, 0.3) is 0 Å². The van der Waals surface area contributed by atoms with Crippen LogP contribution in [0, 0.1) is 0 Å². The van der Waals surface area contributed by atoms with Gasteiger partial charge in [0, 0.05) is 6.54 Å². The fourth-order valence-corrected chi connectivity index (χ4v) is 1.57. The van der Waals surface area contributed by atoms with Crippen molar-refractivity contribution in [1.82, 2.24) is 5.32 Å². The lowest BCUT2D eigenvalue weighted by atomic mass is 10.0. The molecule has 1 rings (SSSR count). The fraction of sp³-hybridized carbons (Fsp3) is 0.429. The maximum Gasteiger partial charge on any atom is 0.123 e. The highest BCUT2D eigenvalue weighted by Crippen LogP contribution is 2.25. The van der Waals surface area contributed by atoms with Crippen LogP contribution in [-0.4, -0.2) is 20.2 Å². The van der Waals surface area contributed by atoms with Crippen molar-refractivity contribution in [1.29, 1.82) is 0 Å². The summed E-state index contributed by atoms with van der Waals surface area (Å²) in [6.45, 7) is 9.66. The van der Waals surface area contributed by atoms with E-state index in [2.05, 4.69) is 31.8 Å². The average Bonchev–Trinajstić information content (AvgIpc) is 2.27. The van der Waals surface area contributed by atoms with Crippen LogP contribution in [0.2, 0.25) is 0 Å². The monoisotopic (exact) mass is 219 g/mol. The molecule has 0 saturated carbocycles. The van der Waals surface area contributed by atoms with E-state index in [4.69, 9.17) is 4.74 Å². The lowest BCUT2D eigenvalue weighted by Crippen LogP contribution is -2.15. The first-order chi connectivity index (χ1) is 7.65. The largest absolute Gasteiger partial charge is 0.489 e. The Morgan fingerprint density at radius 3 is 2.69 bits per heavy atom. The summed E-state index contributed by atoms with van der Waals surface area (Å²) in [5.74, 6) is 1.45. The van der Waals surface area contributed by atoms with E-state index in [-0.39, 0.29) is 0 Å². The van der Waals surface area contributed by atoms with Crippen molar-refractivity contribution in [2.75, 3.05) is 20.2 Å². The van der Waals surface area contributed by atoms with Crippen molar-refractivity contribution < 1.29 is 4.74 Å². The number of nitrogens with one attached hydrogen (secondary N) is 1. The minimum atomic E-state index is 0.480. The number of likely N-dealkylation sites (N-methyl/N-ethyl adjacent to an activating group) is 1. The topological polar surface area (TPSA) is 21.3 Å². The van der Waals surface area contributed by atoms with Crippen molar-refractivity contribution in [3.8, 4) is 5.75 Å². The molecular formula is C14H21NO. The Morgan fingerprint density at radius 1 is 1.38 bits per heavy atom. The molecule has 0 radical (unpaired) electrons. The van der Waals surface area contributed by atoms with Gasteiger partial charge in [-0.15, -0.1) is 0 Å². The zero-order valence-electron chi connectivity index (χ0n) is 10.4. The molecule has 2 nitrogen and oxygen atoms in total. The van der Waals surface area contributed by atoms with Crippen molar-refractivity contribution >= 4 is 0 Å². The third kappa shape index (κ3) is 3.70. The SMILES string of the molecule is C=C(CNC)COc1ccccc1C(C)C. The van der Waals surface area contributed by atoms with E-state index < -0.39 is 0 Å². The van der Waals surface area contributed by atoms with E-state index in [1.807, 2.05) is 25.2 Å². The molecular weight excluding hydrogens is 198 g/mol. The molecule has 0 aromatic heterocycles. The van der Waals surface area contributed by atoms with Gasteiger partial charge in [-0.2, -0.15) is 0 Å². The van der Waals surface area contributed by atoms with Gasteiger partial charge in [0.1, 0.15) is 12.4 Å². The fourth-order valence-electron chi connectivity index (χ4n) is 1.57. The molecule has 0 saturated heterocycles. The Labute approximate surface area is 98.3 Å². The number of ether oxygens (including phenoxy) is 1. The minimum Gasteiger partial charge on any atom is -0.489 e. The first kappa shape index (κ1) is 12.8. The van der Waals surface area contributed by atoms with Crippen LogP contribution < -0.4 is 10.1 Å². The van der Waals surface area contributed by atoms with Crippen LogP contribution in [0.4, 0.5) is 0 Å². The highest BCUT2D eigenvalue weighted by atomic mass is 16.5. The number of para-hydroxylation sites is 1. The Morgan fingerprint density at radius 2 is 2.06 bits per heavy atom. The molecule has 1 N–H and O–H groups in total. The molecule has 0 spiro atoms. The molecule has 1 aromatic rings. The highest BCUT2D eigenvalue weighted by molar-refractivity contribution is 5.35. The predicted octanol–water partition coefficient (Wildman–Crippen LogP) is 2.96. The van der Waals surface area contributed by atoms with Gasteiger partial charge in [0.2, 0.25) is 0 Å². The quantitative estimate of drug-likeness (QED) is 0.743. The standard InChI is InChI=1S/C14H21NO/c1-11(2)13-7-5-6-8-14(13)16-10-12(3)9-15-4/h5-8,11,15H,3,9-10H2,1-2,4H3. The molecule has 2 heteroatoms. The van der Waals surface area contributed by atoms with Gasteiger partial charge < -0.3 is 10.1 Å². The van der Waals surface area contributed by atoms with Gasteiger partial charge in [-0.1, -0.05) is 38.6 Å². The van der Waals surface area contributed by atoms with Gasteiger partial charge in [0.05, 0.1) is 0 Å². The van der Waals surface area contributed by atoms with Crippen LogP contribution in [0.3, 0.4) is 0 Å². The maximum atomic E-state index is 5.77. The van der Waals surface area contributed by atoms with E-state index in [1.165, 1.54) is 5.56 Å². The first-order valence-electron chi connectivity index (χ1n) is 5.68. The summed E-state index contributed by atoms with van der Waals surface area (Å²) in [6, 6.07) is 8.18. The molecule has 0 heterocycles. The second kappa shape index (κ2) is 6.33. The van der Waals surface area contributed by atoms with E-state index >= 15 is 0 Å². The van der Waals surface area contributed by atoms with Gasteiger partial charge in [0.25, 0.3) is 0 Å². The number of rotatable bonds is 6. The Balaban J connectivity index is 2.63. The van der Waals surface area contributed by atoms with Gasteiger partial charge in [-0.3, -0.25) is 0 Å². The number of hydrogen-bond acceptors (Lipinski definition) is 2. The summed E-state index contributed by atoms with van der Waals surface area (Å²) in [5, 5.41) is 3.06. The summed E-state index contributed by atoms with van der Waals surface area (Å²) < 4.78 is 5.77. The number of hydrogen-bond donors (Lipinski definition) is 1. The van der Waals surface area contributed by atoms with Crippen LogP contribution in [-0.2, 0) is 0 Å². The molecule has 0 aliphatic rings. The Kier molecular flexibility index (Phi) is 5.06. The van der Waals surface area contributed by atoms with Crippen molar-refractivity contribution in [3.05, 3.63) is 42.0 Å². The van der Waals surface area contributed by atoms with Gasteiger partial charge >= 0.3 is 0 Å². The van der Waals surface area contributed by atoms with Crippen LogP contribution in [0.1, 0.15) is 25.3 Å². The third-order valence-corrected chi connectivity index (χ3v) is 2.40. The predicted molar refractivity (Wildman–Crippen MR) is 69.1 cm³/mol. The zero-order valence-corrected chi connectivity index (χ0v) is 10.4. The maximum absolute atomic E-state index is 5.77. The van der Waals surface area contributed by atoms with Crippen LogP contribution >= 0.6 is 0 Å². The molecule has 1 aromatic carbocycles. The lowest BCUT2D eigenvalue weighted by Gasteiger charge is -2.14. The van der Waals surface area contributed by atoms with E-state index in [9.17, 15) is 0 Å². The van der Waals surface area contributed by atoms with Gasteiger partial charge in [0.15, 0.2) is 0 Å². The van der Waals surface area contributed by atoms with Gasteiger partial charge in [-0.05, 0) is 30.2 Å². The second-order valence-corrected chi connectivity index (χ2v) is 4.26. The van der Waals surface area contributed by atoms with Crippen molar-refractivity contribution in [3.63, 3.8) is 0 Å². The Hall–Kier alpha value is -1.28. The molecule has 0 aliphatic heterocycles. The van der Waals surface area contributed by atoms with Crippen molar-refractivity contribution in [2.45, 2.75) is 19.8 Å². The molecule has 88 valence electrons. The first-order valence-corrected chi connectivity index (χ1v) is 5.68. The smallest absolute Gasteiger partial charge is 0.123 e. The Bertz CT molecular complexity index is 344. The number of benzene rings is 1. The summed E-state index contributed by atoms with van der Waals surface area (Å²) in [7, 11) is 1.91. The molecule has 0 aliphatic carbocycles. The van der Waals surface area contributed by atoms with Crippen LogP contribution in [0.5, 0.6) is 5.75 Å². The molecule has 0 amide bonds. The highest BCUT2D eigenvalue weighted by Gasteiger charge is 2.06. The molecule has 0 atom stereocenters. The normalized spacial score (nSPS) is 10.5. The van der Waals surface area contributed by atoms with E-state index in [0.717, 1.165) is 17.9 Å². The third-order valence-electron chi connectivity index (χ3n) is 2.40.